The average Bonchev–Trinajstić information content (AvgIpc) is 3.16. The highest BCUT2D eigenvalue weighted by Gasteiger charge is 2.24. The van der Waals surface area contributed by atoms with Gasteiger partial charge < -0.3 is 14.4 Å². The van der Waals surface area contributed by atoms with Gasteiger partial charge in [0.05, 0.1) is 24.9 Å². The minimum Gasteiger partial charge on any atom is -0.491 e. The predicted octanol–water partition coefficient (Wildman–Crippen LogP) is 3.36. The van der Waals surface area contributed by atoms with E-state index in [4.69, 9.17) is 9.47 Å². The molecule has 2 aliphatic rings. The van der Waals surface area contributed by atoms with E-state index >= 15 is 0 Å². The lowest BCUT2D eigenvalue weighted by Crippen LogP contribution is -2.36. The first kappa shape index (κ1) is 21.8. The summed E-state index contributed by atoms with van der Waals surface area (Å²) in [5, 5.41) is 4.32. The Labute approximate surface area is 184 Å². The molecule has 1 saturated heterocycles. The molecule has 1 unspecified atom stereocenters. The molecule has 0 bridgehead atoms. The predicted molar refractivity (Wildman–Crippen MR) is 119 cm³/mol. The lowest BCUT2D eigenvalue weighted by Gasteiger charge is -2.32. The Balaban J connectivity index is 1.45. The van der Waals surface area contributed by atoms with Gasteiger partial charge in [0.15, 0.2) is 0 Å². The number of hydrogen-bond acceptors (Lipinski definition) is 5. The molecule has 2 aliphatic heterocycles. The van der Waals surface area contributed by atoms with Crippen molar-refractivity contribution in [3.05, 3.63) is 47.3 Å². The molecule has 1 aromatic heterocycles. The summed E-state index contributed by atoms with van der Waals surface area (Å²) < 4.78 is 13.1. The maximum atomic E-state index is 13.1. The molecule has 31 heavy (non-hydrogen) atoms. The van der Waals surface area contributed by atoms with Crippen LogP contribution in [0.1, 0.15) is 54.2 Å². The number of amides is 1. The standard InChI is InChI=1S/C24H34N4O3/c1-18(2)28-16-22(12-25-28)24(29)27-9-10-31-23-7-6-19(11-21(23)15-27)13-26-8-4-5-20(14-26)17-30-3/h6-7,11-12,16,18,20H,4-5,8-10,13-15,17H2,1-3H3. The summed E-state index contributed by atoms with van der Waals surface area (Å²) in [6, 6.07) is 6.66. The van der Waals surface area contributed by atoms with Gasteiger partial charge in [-0.1, -0.05) is 6.07 Å². The first-order valence-electron chi connectivity index (χ1n) is 11.3. The fourth-order valence-corrected chi connectivity index (χ4v) is 4.56. The zero-order valence-electron chi connectivity index (χ0n) is 18.9. The Bertz CT molecular complexity index is 893. The van der Waals surface area contributed by atoms with Crippen molar-refractivity contribution in [3.63, 3.8) is 0 Å². The van der Waals surface area contributed by atoms with Gasteiger partial charge in [0.1, 0.15) is 12.4 Å². The van der Waals surface area contributed by atoms with Gasteiger partial charge in [-0.3, -0.25) is 14.4 Å². The molecule has 1 atom stereocenters. The quantitative estimate of drug-likeness (QED) is 0.709. The van der Waals surface area contributed by atoms with Crippen molar-refractivity contribution in [2.24, 2.45) is 5.92 Å². The highest BCUT2D eigenvalue weighted by molar-refractivity contribution is 5.93. The van der Waals surface area contributed by atoms with Crippen molar-refractivity contribution in [1.82, 2.24) is 19.6 Å². The summed E-state index contributed by atoms with van der Waals surface area (Å²) in [5.74, 6) is 1.50. The maximum Gasteiger partial charge on any atom is 0.257 e. The fraction of sp³-hybridized carbons (Fsp3) is 0.583. The number of carbonyl (C=O) groups is 1. The molecule has 3 heterocycles. The van der Waals surface area contributed by atoms with E-state index in [1.807, 2.05) is 15.8 Å². The van der Waals surface area contributed by atoms with Crippen molar-refractivity contribution < 1.29 is 14.3 Å². The number of aromatic nitrogens is 2. The number of benzene rings is 1. The van der Waals surface area contributed by atoms with E-state index in [1.54, 1.807) is 13.3 Å². The number of fused-ring (bicyclic) bond motifs is 1. The van der Waals surface area contributed by atoms with Crippen LogP contribution in [0.2, 0.25) is 0 Å². The number of piperidine rings is 1. The van der Waals surface area contributed by atoms with Gasteiger partial charge >= 0.3 is 0 Å². The lowest BCUT2D eigenvalue weighted by atomic mass is 9.98. The summed E-state index contributed by atoms with van der Waals surface area (Å²) in [5.41, 5.74) is 2.97. The summed E-state index contributed by atoms with van der Waals surface area (Å²) in [6.45, 7) is 9.69. The minimum atomic E-state index is 0.00666. The van der Waals surface area contributed by atoms with Crippen molar-refractivity contribution in [2.45, 2.75) is 45.8 Å². The summed E-state index contributed by atoms with van der Waals surface area (Å²) >= 11 is 0. The Morgan fingerprint density at radius 2 is 2.19 bits per heavy atom. The number of nitrogens with zero attached hydrogens (tertiary/aromatic N) is 4. The van der Waals surface area contributed by atoms with E-state index in [-0.39, 0.29) is 11.9 Å². The largest absolute Gasteiger partial charge is 0.491 e. The minimum absolute atomic E-state index is 0.00666. The maximum absolute atomic E-state index is 13.1. The zero-order chi connectivity index (χ0) is 21.8. The van der Waals surface area contributed by atoms with E-state index in [2.05, 4.69) is 42.0 Å². The SMILES string of the molecule is COCC1CCCN(Cc2ccc3c(c2)CN(C(=O)c2cnn(C(C)C)c2)CCO3)C1. The molecule has 1 aromatic carbocycles. The molecule has 0 aliphatic carbocycles. The zero-order valence-corrected chi connectivity index (χ0v) is 18.9. The second-order valence-corrected chi connectivity index (χ2v) is 9.02. The number of likely N-dealkylation sites (tertiary alicyclic amines) is 1. The van der Waals surface area contributed by atoms with Crippen LogP contribution in [0, 0.1) is 5.92 Å². The highest BCUT2D eigenvalue weighted by Crippen LogP contribution is 2.27. The van der Waals surface area contributed by atoms with Crippen LogP contribution in [-0.4, -0.2) is 65.4 Å². The van der Waals surface area contributed by atoms with E-state index in [1.165, 1.54) is 18.4 Å². The smallest absolute Gasteiger partial charge is 0.257 e. The average molecular weight is 427 g/mol. The number of ether oxygens (including phenoxy) is 2. The first-order valence-corrected chi connectivity index (χ1v) is 11.3. The summed E-state index contributed by atoms with van der Waals surface area (Å²) in [7, 11) is 1.78. The van der Waals surface area contributed by atoms with Crippen LogP contribution in [0.4, 0.5) is 0 Å². The molecule has 7 heteroatoms. The van der Waals surface area contributed by atoms with E-state index < -0.39 is 0 Å². The van der Waals surface area contributed by atoms with Crippen molar-refractivity contribution >= 4 is 5.91 Å². The van der Waals surface area contributed by atoms with Crippen molar-refractivity contribution in [2.75, 3.05) is 40.0 Å². The van der Waals surface area contributed by atoms with Crippen molar-refractivity contribution in [3.8, 4) is 5.75 Å². The fourth-order valence-electron chi connectivity index (χ4n) is 4.56. The van der Waals surface area contributed by atoms with Crippen LogP contribution in [0.25, 0.3) is 0 Å². The van der Waals surface area contributed by atoms with E-state index in [0.29, 0.717) is 31.2 Å². The normalized spacial score (nSPS) is 19.7. The van der Waals surface area contributed by atoms with E-state index in [0.717, 1.165) is 37.6 Å². The summed E-state index contributed by atoms with van der Waals surface area (Å²) in [4.78, 5) is 17.5. The molecule has 4 rings (SSSR count). The Morgan fingerprint density at radius 1 is 1.32 bits per heavy atom. The van der Waals surface area contributed by atoms with Gasteiger partial charge in [-0.25, -0.2) is 0 Å². The molecule has 2 aromatic rings. The molecule has 0 radical (unpaired) electrons. The molecule has 0 saturated carbocycles. The van der Waals surface area contributed by atoms with Crippen LogP contribution < -0.4 is 4.74 Å². The summed E-state index contributed by atoms with van der Waals surface area (Å²) in [6.07, 6.45) is 5.96. The highest BCUT2D eigenvalue weighted by atomic mass is 16.5. The Hall–Kier alpha value is -2.38. The topological polar surface area (TPSA) is 59.8 Å². The second-order valence-electron chi connectivity index (χ2n) is 9.02. The molecule has 0 N–H and O–H groups in total. The molecule has 168 valence electrons. The molecular formula is C24H34N4O3. The van der Waals surface area contributed by atoms with Crippen LogP contribution in [0.15, 0.2) is 30.6 Å². The molecule has 1 fully saturated rings. The molecule has 0 spiro atoms. The number of methoxy groups -OCH3 is 1. The van der Waals surface area contributed by atoms with Gasteiger partial charge in [-0.2, -0.15) is 5.10 Å². The molecule has 1 amide bonds. The lowest BCUT2D eigenvalue weighted by molar-refractivity contribution is 0.0733. The monoisotopic (exact) mass is 426 g/mol. The van der Waals surface area contributed by atoms with Gasteiger partial charge in [-0.05, 0) is 56.8 Å². The number of carbonyl (C=O) groups excluding carboxylic acids is 1. The Kier molecular flexibility index (Phi) is 6.92. The van der Waals surface area contributed by atoms with Gasteiger partial charge in [0.25, 0.3) is 5.91 Å². The molecule has 7 nitrogen and oxygen atoms in total. The Morgan fingerprint density at radius 3 is 2.97 bits per heavy atom. The van der Waals surface area contributed by atoms with Gasteiger partial charge in [-0.15, -0.1) is 0 Å². The third kappa shape index (κ3) is 5.28. The van der Waals surface area contributed by atoms with Gasteiger partial charge in [0, 0.05) is 44.5 Å². The third-order valence-corrected chi connectivity index (χ3v) is 6.18. The van der Waals surface area contributed by atoms with Crippen LogP contribution in [0.3, 0.4) is 0 Å². The van der Waals surface area contributed by atoms with Crippen LogP contribution >= 0.6 is 0 Å². The number of rotatable bonds is 6. The van der Waals surface area contributed by atoms with Crippen LogP contribution in [0.5, 0.6) is 5.75 Å². The van der Waals surface area contributed by atoms with E-state index in [9.17, 15) is 4.79 Å². The van der Waals surface area contributed by atoms with Gasteiger partial charge in [0.2, 0.25) is 0 Å². The molecular weight excluding hydrogens is 392 g/mol. The first-order chi connectivity index (χ1) is 15.0. The number of hydrogen-bond donors (Lipinski definition) is 0. The van der Waals surface area contributed by atoms with Crippen molar-refractivity contribution in [1.29, 1.82) is 0 Å². The van der Waals surface area contributed by atoms with Crippen LogP contribution in [-0.2, 0) is 17.8 Å². The third-order valence-electron chi connectivity index (χ3n) is 6.18. The second kappa shape index (κ2) is 9.83.